The Morgan fingerprint density at radius 2 is 1.70 bits per heavy atom. The maximum atomic E-state index is 13.4. The first-order valence-corrected chi connectivity index (χ1v) is 11.3. The normalized spacial score (nSPS) is 20.7. The van der Waals surface area contributed by atoms with Gasteiger partial charge in [0.05, 0.1) is 6.61 Å². The Kier molecular flexibility index (Phi) is 5.73. The van der Waals surface area contributed by atoms with Gasteiger partial charge in [-0.1, -0.05) is 42.5 Å². The van der Waals surface area contributed by atoms with E-state index in [4.69, 9.17) is 4.74 Å². The SMILES string of the molecule is O=C([C@H](c1ccccc1)N1CCN(Cc2ccc3c(c2)CCO3)CC1)N1CCCC1. The second kappa shape index (κ2) is 8.78. The van der Waals surface area contributed by atoms with Gasteiger partial charge in [-0.3, -0.25) is 14.6 Å². The summed E-state index contributed by atoms with van der Waals surface area (Å²) in [6.07, 6.45) is 3.29. The molecule has 2 fully saturated rings. The van der Waals surface area contributed by atoms with Crippen LogP contribution in [0.15, 0.2) is 48.5 Å². The van der Waals surface area contributed by atoms with Gasteiger partial charge in [-0.2, -0.15) is 0 Å². The highest BCUT2D eigenvalue weighted by Crippen LogP contribution is 2.28. The average Bonchev–Trinajstić information content (AvgIpc) is 3.48. The van der Waals surface area contributed by atoms with Gasteiger partial charge >= 0.3 is 0 Å². The summed E-state index contributed by atoms with van der Waals surface area (Å²) in [6, 6.07) is 16.8. The molecule has 0 aliphatic carbocycles. The van der Waals surface area contributed by atoms with Gasteiger partial charge in [-0.25, -0.2) is 0 Å². The van der Waals surface area contributed by atoms with E-state index in [9.17, 15) is 4.79 Å². The molecule has 3 heterocycles. The van der Waals surface area contributed by atoms with Crippen LogP contribution in [0.4, 0.5) is 0 Å². The zero-order valence-electron chi connectivity index (χ0n) is 17.6. The Morgan fingerprint density at radius 3 is 2.47 bits per heavy atom. The predicted molar refractivity (Wildman–Crippen MR) is 117 cm³/mol. The van der Waals surface area contributed by atoms with E-state index in [1.54, 1.807) is 0 Å². The van der Waals surface area contributed by atoms with Crippen molar-refractivity contribution >= 4 is 5.91 Å². The van der Waals surface area contributed by atoms with Gasteiger partial charge in [0, 0.05) is 52.2 Å². The number of fused-ring (bicyclic) bond motifs is 1. The first-order valence-electron chi connectivity index (χ1n) is 11.3. The predicted octanol–water partition coefficient (Wildman–Crippen LogP) is 3.10. The van der Waals surface area contributed by atoms with Crippen LogP contribution in [0.25, 0.3) is 0 Å². The average molecular weight is 406 g/mol. The van der Waals surface area contributed by atoms with Crippen LogP contribution in [0, 0.1) is 0 Å². The summed E-state index contributed by atoms with van der Waals surface area (Å²) in [5, 5.41) is 0. The number of rotatable bonds is 5. The molecule has 2 aromatic rings. The molecule has 0 N–H and O–H groups in total. The molecule has 30 heavy (non-hydrogen) atoms. The van der Waals surface area contributed by atoms with E-state index in [-0.39, 0.29) is 11.9 Å². The van der Waals surface area contributed by atoms with E-state index in [1.807, 2.05) is 18.2 Å². The molecule has 1 atom stereocenters. The minimum absolute atomic E-state index is 0.149. The van der Waals surface area contributed by atoms with Crippen molar-refractivity contribution in [2.75, 3.05) is 45.9 Å². The molecule has 0 aromatic heterocycles. The fourth-order valence-electron chi connectivity index (χ4n) is 5.03. The number of hydrogen-bond donors (Lipinski definition) is 0. The maximum Gasteiger partial charge on any atom is 0.244 e. The number of carbonyl (C=O) groups is 1. The number of piperazine rings is 1. The largest absolute Gasteiger partial charge is 0.493 e. The first kappa shape index (κ1) is 19.6. The molecular weight excluding hydrogens is 374 g/mol. The van der Waals surface area contributed by atoms with Gasteiger partial charge in [-0.05, 0) is 35.6 Å². The molecule has 0 unspecified atom stereocenters. The molecular formula is C25H31N3O2. The monoisotopic (exact) mass is 405 g/mol. The van der Waals surface area contributed by atoms with Gasteiger partial charge < -0.3 is 9.64 Å². The zero-order valence-corrected chi connectivity index (χ0v) is 17.6. The Balaban J connectivity index is 1.25. The summed E-state index contributed by atoms with van der Waals surface area (Å²) < 4.78 is 5.63. The lowest BCUT2D eigenvalue weighted by Gasteiger charge is -2.40. The van der Waals surface area contributed by atoms with Crippen molar-refractivity contribution in [2.24, 2.45) is 0 Å². The highest BCUT2D eigenvalue weighted by molar-refractivity contribution is 5.83. The van der Waals surface area contributed by atoms with Gasteiger partial charge in [0.25, 0.3) is 0 Å². The molecule has 5 heteroatoms. The quantitative estimate of drug-likeness (QED) is 0.766. The first-order chi connectivity index (χ1) is 14.8. The van der Waals surface area contributed by atoms with Gasteiger partial charge in [0.15, 0.2) is 0 Å². The highest BCUT2D eigenvalue weighted by Gasteiger charge is 2.34. The van der Waals surface area contributed by atoms with E-state index in [2.05, 4.69) is 45.0 Å². The number of benzene rings is 2. The summed E-state index contributed by atoms with van der Waals surface area (Å²) in [5.41, 5.74) is 3.83. The number of amides is 1. The summed E-state index contributed by atoms with van der Waals surface area (Å²) in [6.45, 7) is 7.42. The number of likely N-dealkylation sites (tertiary alicyclic amines) is 1. The standard InChI is InChI=1S/C25H31N3O2/c29-25(28-11-4-5-12-28)24(21-6-2-1-3-7-21)27-15-13-26(14-16-27)19-20-8-9-23-22(18-20)10-17-30-23/h1-3,6-9,18,24H,4-5,10-17,19H2/t24-/m0/s1. The van der Waals surface area contributed by atoms with Crippen molar-refractivity contribution in [3.8, 4) is 5.75 Å². The Labute approximate surface area is 179 Å². The van der Waals surface area contributed by atoms with E-state index in [0.717, 1.165) is 83.0 Å². The van der Waals surface area contributed by atoms with Crippen molar-refractivity contribution in [1.29, 1.82) is 0 Å². The molecule has 5 rings (SSSR count). The molecule has 3 aliphatic heterocycles. The lowest BCUT2D eigenvalue weighted by atomic mass is 10.0. The van der Waals surface area contributed by atoms with Gasteiger partial charge in [0.1, 0.15) is 11.8 Å². The molecule has 3 aliphatic rings. The van der Waals surface area contributed by atoms with Crippen LogP contribution in [0.3, 0.4) is 0 Å². The van der Waals surface area contributed by atoms with E-state index < -0.39 is 0 Å². The molecule has 158 valence electrons. The van der Waals surface area contributed by atoms with Crippen molar-refractivity contribution in [1.82, 2.24) is 14.7 Å². The third-order valence-electron chi connectivity index (χ3n) is 6.70. The van der Waals surface area contributed by atoms with Gasteiger partial charge in [0.2, 0.25) is 5.91 Å². The number of nitrogens with zero attached hydrogens (tertiary/aromatic N) is 3. The van der Waals surface area contributed by atoms with Crippen molar-refractivity contribution in [2.45, 2.75) is 31.8 Å². The maximum absolute atomic E-state index is 13.4. The number of carbonyl (C=O) groups excluding carboxylic acids is 1. The van der Waals surface area contributed by atoms with Crippen LogP contribution in [-0.4, -0.2) is 66.5 Å². The molecule has 2 aromatic carbocycles. The molecule has 0 bridgehead atoms. The van der Waals surface area contributed by atoms with E-state index in [0.29, 0.717) is 0 Å². The fourth-order valence-corrected chi connectivity index (χ4v) is 5.03. The fraction of sp³-hybridized carbons (Fsp3) is 0.480. The summed E-state index contributed by atoms with van der Waals surface area (Å²) >= 11 is 0. The minimum Gasteiger partial charge on any atom is -0.493 e. The summed E-state index contributed by atoms with van der Waals surface area (Å²) in [7, 11) is 0. The highest BCUT2D eigenvalue weighted by atomic mass is 16.5. The molecule has 5 nitrogen and oxygen atoms in total. The van der Waals surface area contributed by atoms with Gasteiger partial charge in [-0.15, -0.1) is 0 Å². The van der Waals surface area contributed by atoms with E-state index in [1.165, 1.54) is 11.1 Å². The van der Waals surface area contributed by atoms with Crippen LogP contribution < -0.4 is 4.74 Å². The molecule has 0 saturated carbocycles. The summed E-state index contributed by atoms with van der Waals surface area (Å²) in [4.78, 5) is 20.4. The van der Waals surface area contributed by atoms with Crippen LogP contribution >= 0.6 is 0 Å². The lowest BCUT2D eigenvalue weighted by molar-refractivity contribution is -0.137. The second-order valence-corrected chi connectivity index (χ2v) is 8.70. The Bertz CT molecular complexity index is 871. The Hall–Kier alpha value is -2.37. The smallest absolute Gasteiger partial charge is 0.244 e. The number of hydrogen-bond acceptors (Lipinski definition) is 4. The van der Waals surface area contributed by atoms with Crippen LogP contribution in [-0.2, 0) is 17.8 Å². The lowest BCUT2D eigenvalue weighted by Crippen LogP contribution is -2.51. The summed E-state index contributed by atoms with van der Waals surface area (Å²) in [5.74, 6) is 1.33. The van der Waals surface area contributed by atoms with Crippen molar-refractivity contribution < 1.29 is 9.53 Å². The minimum atomic E-state index is -0.149. The van der Waals surface area contributed by atoms with E-state index >= 15 is 0 Å². The molecule has 2 saturated heterocycles. The zero-order chi connectivity index (χ0) is 20.3. The third-order valence-corrected chi connectivity index (χ3v) is 6.70. The Morgan fingerprint density at radius 1 is 0.933 bits per heavy atom. The third kappa shape index (κ3) is 4.09. The molecule has 0 radical (unpaired) electrons. The van der Waals surface area contributed by atoms with Crippen molar-refractivity contribution in [3.05, 3.63) is 65.2 Å². The van der Waals surface area contributed by atoms with Crippen LogP contribution in [0.5, 0.6) is 5.75 Å². The van der Waals surface area contributed by atoms with Crippen LogP contribution in [0.2, 0.25) is 0 Å². The van der Waals surface area contributed by atoms with Crippen molar-refractivity contribution in [3.63, 3.8) is 0 Å². The molecule has 0 spiro atoms. The second-order valence-electron chi connectivity index (χ2n) is 8.70. The molecule has 1 amide bonds. The number of ether oxygens (including phenoxy) is 1. The topological polar surface area (TPSA) is 36.0 Å². The van der Waals surface area contributed by atoms with Crippen LogP contribution in [0.1, 0.15) is 35.6 Å².